The van der Waals surface area contributed by atoms with Crippen LogP contribution in [0.1, 0.15) is 19.4 Å². The molecular formula is C13H21NO3S. The third-order valence-electron chi connectivity index (χ3n) is 2.70. The Bertz CT molecular complexity index is 454. The van der Waals surface area contributed by atoms with E-state index < -0.39 is 15.4 Å². The normalized spacial score (nSPS) is 12.6. The lowest BCUT2D eigenvalue weighted by atomic mass is 9.96. The van der Waals surface area contributed by atoms with E-state index in [0.717, 1.165) is 5.56 Å². The summed E-state index contributed by atoms with van der Waals surface area (Å²) in [6.45, 7) is 3.83. The first-order chi connectivity index (χ1) is 8.35. The Balaban J connectivity index is 2.46. The van der Waals surface area contributed by atoms with Crippen molar-refractivity contribution in [2.45, 2.75) is 20.3 Å². The summed E-state index contributed by atoms with van der Waals surface area (Å²) >= 11 is 0. The number of rotatable bonds is 7. The molecule has 0 aliphatic heterocycles. The predicted molar refractivity (Wildman–Crippen MR) is 72.8 cm³/mol. The summed E-state index contributed by atoms with van der Waals surface area (Å²) in [5.41, 5.74) is 0.573. The Kier molecular flexibility index (Phi) is 5.31. The summed E-state index contributed by atoms with van der Waals surface area (Å²) in [5.74, 6) is 0.0680. The van der Waals surface area contributed by atoms with Gasteiger partial charge in [0.15, 0.2) is 0 Å². The van der Waals surface area contributed by atoms with Gasteiger partial charge in [0.25, 0.3) is 0 Å². The van der Waals surface area contributed by atoms with Crippen molar-refractivity contribution in [2.24, 2.45) is 5.41 Å². The smallest absolute Gasteiger partial charge is 0.211 e. The molecule has 0 heterocycles. The largest absolute Gasteiger partial charge is 0.396 e. The van der Waals surface area contributed by atoms with Crippen molar-refractivity contribution in [1.82, 2.24) is 4.72 Å². The van der Waals surface area contributed by atoms with Gasteiger partial charge in [-0.25, -0.2) is 13.1 Å². The minimum Gasteiger partial charge on any atom is -0.396 e. The van der Waals surface area contributed by atoms with Gasteiger partial charge in [-0.2, -0.15) is 0 Å². The molecule has 5 heteroatoms. The van der Waals surface area contributed by atoms with Gasteiger partial charge in [-0.15, -0.1) is 0 Å². The van der Waals surface area contributed by atoms with Crippen LogP contribution >= 0.6 is 0 Å². The SMILES string of the molecule is CC(C)(CO)CNS(=O)(=O)CCc1ccccc1. The van der Waals surface area contributed by atoms with E-state index in [1.54, 1.807) is 0 Å². The highest BCUT2D eigenvalue weighted by molar-refractivity contribution is 7.89. The lowest BCUT2D eigenvalue weighted by molar-refractivity contribution is 0.163. The first kappa shape index (κ1) is 15.1. The Morgan fingerprint density at radius 2 is 1.83 bits per heavy atom. The second kappa shape index (κ2) is 6.31. The van der Waals surface area contributed by atoms with Crippen LogP contribution in [0, 0.1) is 5.41 Å². The molecule has 0 spiro atoms. The maximum absolute atomic E-state index is 11.8. The molecule has 1 rings (SSSR count). The molecule has 102 valence electrons. The van der Waals surface area contributed by atoms with Crippen molar-refractivity contribution in [3.63, 3.8) is 0 Å². The highest BCUT2D eigenvalue weighted by atomic mass is 32.2. The van der Waals surface area contributed by atoms with Gasteiger partial charge in [-0.05, 0) is 12.0 Å². The first-order valence-corrected chi connectivity index (χ1v) is 7.62. The lowest BCUT2D eigenvalue weighted by Crippen LogP contribution is -2.37. The van der Waals surface area contributed by atoms with Crippen LogP contribution in [0.3, 0.4) is 0 Å². The van der Waals surface area contributed by atoms with Crippen LogP contribution in [0.4, 0.5) is 0 Å². The molecule has 0 fully saturated rings. The average Bonchev–Trinajstić information content (AvgIpc) is 2.36. The van der Waals surface area contributed by atoms with Gasteiger partial charge in [0.05, 0.1) is 5.75 Å². The van der Waals surface area contributed by atoms with Crippen LogP contribution in [-0.2, 0) is 16.4 Å². The zero-order valence-electron chi connectivity index (χ0n) is 10.9. The number of hydrogen-bond donors (Lipinski definition) is 2. The van der Waals surface area contributed by atoms with Crippen LogP contribution in [0.2, 0.25) is 0 Å². The number of aliphatic hydroxyl groups excluding tert-OH is 1. The molecule has 0 aliphatic rings. The summed E-state index contributed by atoms with van der Waals surface area (Å²) in [6, 6.07) is 9.51. The standard InChI is InChI=1S/C13H21NO3S/c1-13(2,11-15)10-14-18(16,17)9-8-12-6-4-3-5-7-12/h3-7,14-15H,8-11H2,1-2H3. The number of aryl methyl sites for hydroxylation is 1. The van der Waals surface area contributed by atoms with E-state index in [1.165, 1.54) is 0 Å². The van der Waals surface area contributed by atoms with E-state index in [9.17, 15) is 8.42 Å². The van der Waals surface area contributed by atoms with E-state index in [2.05, 4.69) is 4.72 Å². The fraction of sp³-hybridized carbons (Fsp3) is 0.538. The quantitative estimate of drug-likeness (QED) is 0.782. The molecule has 0 bridgehead atoms. The van der Waals surface area contributed by atoms with Crippen molar-refractivity contribution >= 4 is 10.0 Å². The van der Waals surface area contributed by atoms with E-state index in [1.807, 2.05) is 44.2 Å². The van der Waals surface area contributed by atoms with E-state index in [0.29, 0.717) is 6.42 Å². The van der Waals surface area contributed by atoms with Crippen molar-refractivity contribution < 1.29 is 13.5 Å². The maximum atomic E-state index is 11.8. The van der Waals surface area contributed by atoms with Crippen molar-refractivity contribution in [2.75, 3.05) is 18.9 Å². The molecule has 0 saturated carbocycles. The van der Waals surface area contributed by atoms with Gasteiger partial charge < -0.3 is 5.11 Å². The zero-order valence-corrected chi connectivity index (χ0v) is 11.7. The maximum Gasteiger partial charge on any atom is 0.211 e. The predicted octanol–water partition coefficient (Wildman–Crippen LogP) is 1.17. The zero-order chi connectivity index (χ0) is 13.6. The second-order valence-corrected chi connectivity index (χ2v) is 7.12. The fourth-order valence-electron chi connectivity index (χ4n) is 1.33. The molecule has 1 aromatic carbocycles. The van der Waals surface area contributed by atoms with Gasteiger partial charge in [0.2, 0.25) is 10.0 Å². The highest BCUT2D eigenvalue weighted by Gasteiger charge is 2.20. The van der Waals surface area contributed by atoms with Crippen molar-refractivity contribution in [3.05, 3.63) is 35.9 Å². The molecule has 0 unspecified atom stereocenters. The Labute approximate surface area is 109 Å². The molecule has 2 N–H and O–H groups in total. The lowest BCUT2D eigenvalue weighted by Gasteiger charge is -2.21. The first-order valence-electron chi connectivity index (χ1n) is 5.97. The molecule has 0 saturated heterocycles. The van der Waals surface area contributed by atoms with Crippen LogP contribution in [0.15, 0.2) is 30.3 Å². The van der Waals surface area contributed by atoms with Crippen LogP contribution in [-0.4, -0.2) is 32.4 Å². The van der Waals surface area contributed by atoms with Crippen LogP contribution in [0.25, 0.3) is 0 Å². The minimum absolute atomic E-state index is 0.0474. The number of hydrogen-bond acceptors (Lipinski definition) is 3. The van der Waals surface area contributed by atoms with E-state index >= 15 is 0 Å². The molecule has 4 nitrogen and oxygen atoms in total. The average molecular weight is 271 g/mol. The third kappa shape index (κ3) is 5.62. The minimum atomic E-state index is -3.28. The second-order valence-electron chi connectivity index (χ2n) is 5.20. The number of nitrogens with one attached hydrogen (secondary N) is 1. The molecular weight excluding hydrogens is 250 g/mol. The summed E-state index contributed by atoms with van der Waals surface area (Å²) in [4.78, 5) is 0. The van der Waals surface area contributed by atoms with Crippen LogP contribution in [0.5, 0.6) is 0 Å². The van der Waals surface area contributed by atoms with E-state index in [4.69, 9.17) is 5.11 Å². The molecule has 0 aromatic heterocycles. The Morgan fingerprint density at radius 1 is 1.22 bits per heavy atom. The number of aliphatic hydroxyl groups is 1. The number of benzene rings is 1. The molecule has 18 heavy (non-hydrogen) atoms. The Hall–Kier alpha value is -0.910. The van der Waals surface area contributed by atoms with Crippen LogP contribution < -0.4 is 4.72 Å². The third-order valence-corrected chi connectivity index (χ3v) is 4.03. The summed E-state index contributed by atoms with van der Waals surface area (Å²) < 4.78 is 26.1. The number of sulfonamides is 1. The van der Waals surface area contributed by atoms with Gasteiger partial charge >= 0.3 is 0 Å². The highest BCUT2D eigenvalue weighted by Crippen LogP contribution is 2.12. The Morgan fingerprint density at radius 3 is 2.39 bits per heavy atom. The molecule has 1 aromatic rings. The summed E-state index contributed by atoms with van der Waals surface area (Å²) in [6.07, 6.45) is 0.496. The monoisotopic (exact) mass is 271 g/mol. The topological polar surface area (TPSA) is 66.4 Å². The van der Waals surface area contributed by atoms with Gasteiger partial charge in [0, 0.05) is 18.6 Å². The fourth-order valence-corrected chi connectivity index (χ4v) is 2.59. The molecule has 0 radical (unpaired) electrons. The van der Waals surface area contributed by atoms with Gasteiger partial charge in [-0.3, -0.25) is 0 Å². The molecule has 0 aliphatic carbocycles. The van der Waals surface area contributed by atoms with Crippen molar-refractivity contribution in [3.8, 4) is 0 Å². The van der Waals surface area contributed by atoms with E-state index in [-0.39, 0.29) is 18.9 Å². The molecule has 0 amide bonds. The van der Waals surface area contributed by atoms with Gasteiger partial charge in [-0.1, -0.05) is 44.2 Å². The van der Waals surface area contributed by atoms with Gasteiger partial charge in [0.1, 0.15) is 0 Å². The summed E-state index contributed by atoms with van der Waals surface area (Å²) in [7, 11) is -3.28. The summed E-state index contributed by atoms with van der Waals surface area (Å²) in [5, 5.41) is 9.06. The van der Waals surface area contributed by atoms with Crippen molar-refractivity contribution in [1.29, 1.82) is 0 Å². The molecule has 0 atom stereocenters.